The van der Waals surface area contributed by atoms with Gasteiger partial charge in [0, 0.05) is 31.2 Å². The lowest BCUT2D eigenvalue weighted by Gasteiger charge is -2.47. The highest BCUT2D eigenvalue weighted by Gasteiger charge is 2.36. The van der Waals surface area contributed by atoms with Crippen molar-refractivity contribution in [2.45, 2.75) is 70.1 Å². The van der Waals surface area contributed by atoms with Gasteiger partial charge in [0.05, 0.1) is 12.2 Å². The first-order valence-electron chi connectivity index (χ1n) is 8.83. The van der Waals surface area contributed by atoms with E-state index in [1.54, 1.807) is 0 Å². The molecule has 0 amide bonds. The summed E-state index contributed by atoms with van der Waals surface area (Å²) in [5.41, 5.74) is 0.993. The summed E-state index contributed by atoms with van der Waals surface area (Å²) in [4.78, 5) is 6.94. The maximum Gasteiger partial charge on any atom is 0.191 e. The van der Waals surface area contributed by atoms with E-state index in [0.29, 0.717) is 12.6 Å². The minimum atomic E-state index is 0.508. The lowest BCUT2D eigenvalue weighted by Crippen LogP contribution is -2.56. The van der Waals surface area contributed by atoms with Crippen LogP contribution in [-0.4, -0.2) is 48.2 Å². The van der Waals surface area contributed by atoms with Gasteiger partial charge in [-0.3, -0.25) is 4.99 Å². The molecule has 3 rings (SSSR count). The van der Waals surface area contributed by atoms with Gasteiger partial charge in [-0.1, -0.05) is 18.5 Å². The van der Waals surface area contributed by atoms with E-state index in [1.165, 1.54) is 32.1 Å². The van der Waals surface area contributed by atoms with E-state index in [4.69, 9.17) is 4.52 Å². The molecule has 3 heterocycles. The highest BCUT2D eigenvalue weighted by atomic mass is 16.5. The molecule has 6 heteroatoms. The molecule has 2 unspecified atom stereocenters. The summed E-state index contributed by atoms with van der Waals surface area (Å²) < 4.78 is 5.31. The average molecular weight is 319 g/mol. The molecule has 2 fully saturated rings. The predicted molar refractivity (Wildman–Crippen MR) is 91.4 cm³/mol. The molecule has 0 saturated carbocycles. The van der Waals surface area contributed by atoms with Crippen LogP contribution in [0.5, 0.6) is 0 Å². The van der Waals surface area contributed by atoms with Crippen molar-refractivity contribution in [3.8, 4) is 0 Å². The fraction of sp³-hybridized carbons (Fsp3) is 0.765. The molecule has 2 aliphatic heterocycles. The molecule has 0 spiro atoms. The van der Waals surface area contributed by atoms with Crippen LogP contribution in [0.2, 0.25) is 0 Å². The Morgan fingerprint density at radius 1 is 1.39 bits per heavy atom. The number of hydrogen-bond donors (Lipinski definition) is 2. The van der Waals surface area contributed by atoms with Crippen LogP contribution in [0.3, 0.4) is 0 Å². The zero-order valence-corrected chi connectivity index (χ0v) is 14.5. The van der Waals surface area contributed by atoms with E-state index in [1.807, 2.05) is 13.1 Å². The molecule has 2 aliphatic rings. The van der Waals surface area contributed by atoms with Gasteiger partial charge in [0.2, 0.25) is 0 Å². The first-order valence-corrected chi connectivity index (χ1v) is 8.83. The van der Waals surface area contributed by atoms with Crippen LogP contribution in [0, 0.1) is 0 Å². The minimum Gasteiger partial charge on any atom is -0.359 e. The molecule has 2 saturated heterocycles. The SMILES string of the molecule is CCc1cc(CNC(=NC)NC2CC3CCCC(C2)N3C)on1. The Morgan fingerprint density at radius 3 is 2.74 bits per heavy atom. The maximum absolute atomic E-state index is 5.31. The number of piperidine rings is 2. The molecule has 23 heavy (non-hydrogen) atoms. The number of aromatic nitrogens is 1. The Balaban J connectivity index is 1.51. The molecule has 0 aliphatic carbocycles. The van der Waals surface area contributed by atoms with Crippen molar-refractivity contribution in [3.05, 3.63) is 17.5 Å². The standard InChI is InChI=1S/C17H29N5O/c1-4-12-10-16(23-21-12)11-19-17(18-2)20-13-8-14-6-5-7-15(9-13)22(14)3/h10,13-15H,4-9,11H2,1-3H3,(H2,18,19,20). The molecular weight excluding hydrogens is 290 g/mol. The van der Waals surface area contributed by atoms with Crippen molar-refractivity contribution in [2.24, 2.45) is 4.99 Å². The van der Waals surface area contributed by atoms with Crippen LogP contribution in [0.25, 0.3) is 0 Å². The summed E-state index contributed by atoms with van der Waals surface area (Å²) in [6.07, 6.45) is 7.34. The third kappa shape index (κ3) is 3.86. The largest absolute Gasteiger partial charge is 0.359 e. The van der Waals surface area contributed by atoms with E-state index >= 15 is 0 Å². The summed E-state index contributed by atoms with van der Waals surface area (Å²) in [7, 11) is 4.11. The van der Waals surface area contributed by atoms with Gasteiger partial charge < -0.3 is 20.1 Å². The maximum atomic E-state index is 5.31. The molecule has 2 N–H and O–H groups in total. The number of nitrogens with one attached hydrogen (secondary N) is 2. The fourth-order valence-electron chi connectivity index (χ4n) is 3.90. The van der Waals surface area contributed by atoms with Gasteiger partial charge >= 0.3 is 0 Å². The van der Waals surface area contributed by atoms with Crippen molar-refractivity contribution in [1.29, 1.82) is 0 Å². The van der Waals surface area contributed by atoms with Crippen molar-refractivity contribution in [1.82, 2.24) is 20.7 Å². The van der Waals surface area contributed by atoms with Crippen LogP contribution in [0.4, 0.5) is 0 Å². The lowest BCUT2D eigenvalue weighted by molar-refractivity contribution is 0.0526. The predicted octanol–water partition coefficient (Wildman–Crippen LogP) is 1.92. The van der Waals surface area contributed by atoms with Gasteiger partial charge in [-0.05, 0) is 39.2 Å². The number of aryl methyl sites for hydroxylation is 1. The second-order valence-electron chi connectivity index (χ2n) is 6.78. The average Bonchev–Trinajstić information content (AvgIpc) is 3.00. The number of nitrogens with zero attached hydrogens (tertiary/aromatic N) is 3. The minimum absolute atomic E-state index is 0.508. The Hall–Kier alpha value is -1.56. The van der Waals surface area contributed by atoms with E-state index in [9.17, 15) is 0 Å². The normalized spacial score (nSPS) is 28.7. The number of guanidine groups is 1. The van der Waals surface area contributed by atoms with Gasteiger partial charge in [0.1, 0.15) is 0 Å². The van der Waals surface area contributed by atoms with Crippen molar-refractivity contribution in [2.75, 3.05) is 14.1 Å². The molecule has 1 aromatic rings. The molecular formula is C17H29N5O. The third-order valence-electron chi connectivity index (χ3n) is 5.30. The summed E-state index contributed by atoms with van der Waals surface area (Å²) in [6.45, 7) is 2.69. The second kappa shape index (κ2) is 7.34. The highest BCUT2D eigenvalue weighted by Crippen LogP contribution is 2.32. The topological polar surface area (TPSA) is 65.7 Å². The van der Waals surface area contributed by atoms with Gasteiger partial charge in [-0.25, -0.2) is 0 Å². The molecule has 1 aromatic heterocycles. The van der Waals surface area contributed by atoms with Crippen LogP contribution in [0.1, 0.15) is 50.5 Å². The van der Waals surface area contributed by atoms with E-state index in [0.717, 1.165) is 35.9 Å². The van der Waals surface area contributed by atoms with Crippen molar-refractivity contribution < 1.29 is 4.52 Å². The van der Waals surface area contributed by atoms with E-state index in [-0.39, 0.29) is 0 Å². The summed E-state index contributed by atoms with van der Waals surface area (Å²) >= 11 is 0. The first-order chi connectivity index (χ1) is 11.2. The number of hydrogen-bond acceptors (Lipinski definition) is 4. The monoisotopic (exact) mass is 319 g/mol. The summed E-state index contributed by atoms with van der Waals surface area (Å²) in [5, 5.41) is 11.0. The third-order valence-corrected chi connectivity index (χ3v) is 5.30. The number of fused-ring (bicyclic) bond motifs is 2. The molecule has 0 radical (unpaired) electrons. The number of rotatable bonds is 4. The van der Waals surface area contributed by atoms with Crippen molar-refractivity contribution in [3.63, 3.8) is 0 Å². The zero-order valence-electron chi connectivity index (χ0n) is 14.5. The van der Waals surface area contributed by atoms with E-state index < -0.39 is 0 Å². The fourth-order valence-corrected chi connectivity index (χ4v) is 3.90. The van der Waals surface area contributed by atoms with Crippen LogP contribution in [-0.2, 0) is 13.0 Å². The first kappa shape index (κ1) is 16.3. The van der Waals surface area contributed by atoms with Crippen LogP contribution < -0.4 is 10.6 Å². The smallest absolute Gasteiger partial charge is 0.191 e. The van der Waals surface area contributed by atoms with Crippen LogP contribution in [0.15, 0.2) is 15.6 Å². The number of aliphatic imine (C=N–C) groups is 1. The van der Waals surface area contributed by atoms with E-state index in [2.05, 4.69) is 39.7 Å². The summed E-state index contributed by atoms with van der Waals surface area (Å²) in [6, 6.07) is 3.95. The Kier molecular flexibility index (Phi) is 5.20. The second-order valence-corrected chi connectivity index (χ2v) is 6.78. The van der Waals surface area contributed by atoms with Gasteiger partial charge in [0.15, 0.2) is 11.7 Å². The molecule has 6 nitrogen and oxygen atoms in total. The molecule has 2 atom stereocenters. The van der Waals surface area contributed by atoms with Gasteiger partial charge in [-0.2, -0.15) is 0 Å². The molecule has 0 aromatic carbocycles. The molecule has 2 bridgehead atoms. The lowest BCUT2D eigenvalue weighted by atomic mass is 9.82. The summed E-state index contributed by atoms with van der Waals surface area (Å²) in [5.74, 6) is 1.71. The van der Waals surface area contributed by atoms with Crippen LogP contribution >= 0.6 is 0 Å². The van der Waals surface area contributed by atoms with Gasteiger partial charge in [0.25, 0.3) is 0 Å². The quantitative estimate of drug-likeness (QED) is 0.656. The Bertz CT molecular complexity index is 527. The van der Waals surface area contributed by atoms with Crippen molar-refractivity contribution >= 4 is 5.96 Å². The Labute approximate surface area is 138 Å². The Morgan fingerprint density at radius 2 is 2.13 bits per heavy atom. The zero-order chi connectivity index (χ0) is 16.2. The highest BCUT2D eigenvalue weighted by molar-refractivity contribution is 5.79. The van der Waals surface area contributed by atoms with Gasteiger partial charge in [-0.15, -0.1) is 0 Å². The molecule has 128 valence electrons.